The van der Waals surface area contributed by atoms with Crippen LogP contribution < -0.4 is 10.2 Å². The summed E-state index contributed by atoms with van der Waals surface area (Å²) in [4.78, 5) is 13.7. The summed E-state index contributed by atoms with van der Waals surface area (Å²) in [5.41, 5.74) is 1.42. The van der Waals surface area contributed by atoms with Crippen LogP contribution in [-0.4, -0.2) is 71.4 Å². The second kappa shape index (κ2) is 5.87. The van der Waals surface area contributed by atoms with E-state index >= 15 is 0 Å². The van der Waals surface area contributed by atoms with Crippen LogP contribution in [0.25, 0.3) is 0 Å². The van der Waals surface area contributed by atoms with Gasteiger partial charge in [0.2, 0.25) is 0 Å². The monoisotopic (exact) mass is 291 g/mol. The van der Waals surface area contributed by atoms with Crippen molar-refractivity contribution in [3.8, 4) is 0 Å². The lowest BCUT2D eigenvalue weighted by Crippen LogP contribution is -2.53. The minimum absolute atomic E-state index is 0.540. The molecule has 1 aromatic heterocycles. The molecular formula is C15H25N5O. The normalized spacial score (nSPS) is 27.3. The third-order valence-corrected chi connectivity index (χ3v) is 4.46. The molecule has 116 valence electrons. The summed E-state index contributed by atoms with van der Waals surface area (Å²) in [6.45, 7) is 10.2. The van der Waals surface area contributed by atoms with E-state index in [1.165, 1.54) is 0 Å². The van der Waals surface area contributed by atoms with Gasteiger partial charge in [-0.1, -0.05) is 0 Å². The lowest BCUT2D eigenvalue weighted by atomic mass is 10.0. The highest BCUT2D eigenvalue weighted by atomic mass is 16.3. The van der Waals surface area contributed by atoms with E-state index in [0.29, 0.717) is 0 Å². The Balaban J connectivity index is 1.58. The molecule has 2 aliphatic heterocycles. The smallest absolute Gasteiger partial charge is 0.150 e. The minimum atomic E-state index is -0.540. The number of rotatable bonds is 3. The van der Waals surface area contributed by atoms with Crippen molar-refractivity contribution in [3.05, 3.63) is 17.6 Å². The maximum atomic E-state index is 10.5. The van der Waals surface area contributed by atoms with Crippen molar-refractivity contribution < 1.29 is 5.11 Å². The molecule has 6 nitrogen and oxygen atoms in total. The molecule has 0 spiro atoms. The van der Waals surface area contributed by atoms with Gasteiger partial charge in [-0.25, -0.2) is 4.98 Å². The van der Waals surface area contributed by atoms with Crippen LogP contribution in [0.1, 0.15) is 17.8 Å². The molecule has 0 bridgehead atoms. The molecular weight excluding hydrogens is 266 g/mol. The number of hydrogen-bond donors (Lipinski definition) is 2. The Labute approximate surface area is 126 Å². The highest BCUT2D eigenvalue weighted by molar-refractivity contribution is 5.43. The third kappa shape index (κ3) is 3.33. The van der Waals surface area contributed by atoms with Gasteiger partial charge in [-0.05, 0) is 26.8 Å². The highest BCUT2D eigenvalue weighted by Gasteiger charge is 2.34. The van der Waals surface area contributed by atoms with E-state index in [-0.39, 0.29) is 0 Å². The Hall–Kier alpha value is -1.24. The summed E-state index contributed by atoms with van der Waals surface area (Å²) in [5.74, 6) is 1.01. The molecule has 3 heterocycles. The first-order valence-electron chi connectivity index (χ1n) is 7.76. The van der Waals surface area contributed by atoms with Crippen LogP contribution in [0.4, 0.5) is 5.82 Å². The van der Waals surface area contributed by atoms with Gasteiger partial charge < -0.3 is 15.3 Å². The zero-order valence-electron chi connectivity index (χ0n) is 13.0. The number of aliphatic hydroxyl groups is 1. The zero-order valence-corrected chi connectivity index (χ0v) is 13.0. The number of nitrogens with one attached hydrogen (secondary N) is 1. The number of hydrogen-bond acceptors (Lipinski definition) is 6. The Bertz CT molecular complexity index is 493. The number of β-amino-alcohol motifs (C(OH)–C–C–N with tert-alkyl or cyclic N) is 1. The average molecular weight is 291 g/mol. The largest absolute Gasteiger partial charge is 0.387 e. The van der Waals surface area contributed by atoms with Crippen LogP contribution in [0.5, 0.6) is 0 Å². The minimum Gasteiger partial charge on any atom is -0.387 e. The lowest BCUT2D eigenvalue weighted by Gasteiger charge is -2.38. The van der Waals surface area contributed by atoms with Gasteiger partial charge in [0.1, 0.15) is 5.82 Å². The van der Waals surface area contributed by atoms with Gasteiger partial charge in [0.25, 0.3) is 0 Å². The number of aromatic nitrogens is 2. The van der Waals surface area contributed by atoms with Crippen molar-refractivity contribution in [2.45, 2.75) is 25.9 Å². The maximum absolute atomic E-state index is 10.5. The molecule has 1 atom stereocenters. The van der Waals surface area contributed by atoms with E-state index in [2.05, 4.69) is 25.1 Å². The summed E-state index contributed by atoms with van der Waals surface area (Å²) in [5, 5.41) is 13.7. The van der Waals surface area contributed by atoms with Crippen molar-refractivity contribution in [2.75, 3.05) is 50.7 Å². The van der Waals surface area contributed by atoms with Crippen LogP contribution in [0.3, 0.4) is 0 Å². The van der Waals surface area contributed by atoms with Gasteiger partial charge in [0.05, 0.1) is 17.0 Å². The van der Waals surface area contributed by atoms with Crippen LogP contribution in [0.2, 0.25) is 0 Å². The van der Waals surface area contributed by atoms with Crippen molar-refractivity contribution in [1.29, 1.82) is 0 Å². The first kappa shape index (κ1) is 14.7. The molecule has 0 aliphatic carbocycles. The number of piperazine rings is 1. The van der Waals surface area contributed by atoms with Crippen LogP contribution in [-0.2, 0) is 0 Å². The fourth-order valence-electron chi connectivity index (χ4n) is 3.22. The zero-order chi connectivity index (χ0) is 14.9. The van der Waals surface area contributed by atoms with Gasteiger partial charge in [-0.3, -0.25) is 9.88 Å². The Morgan fingerprint density at radius 2 is 2.05 bits per heavy atom. The van der Waals surface area contributed by atoms with Crippen molar-refractivity contribution in [3.63, 3.8) is 0 Å². The molecule has 0 radical (unpaired) electrons. The van der Waals surface area contributed by atoms with Crippen LogP contribution in [0, 0.1) is 13.8 Å². The Kier molecular flexibility index (Phi) is 4.10. The maximum Gasteiger partial charge on any atom is 0.150 e. The van der Waals surface area contributed by atoms with Gasteiger partial charge in [-0.2, -0.15) is 0 Å². The molecule has 2 fully saturated rings. The summed E-state index contributed by atoms with van der Waals surface area (Å²) in [6.07, 6.45) is 2.67. The Morgan fingerprint density at radius 1 is 1.29 bits per heavy atom. The lowest BCUT2D eigenvalue weighted by molar-refractivity contribution is 0.0193. The van der Waals surface area contributed by atoms with E-state index in [0.717, 1.165) is 69.4 Å². The van der Waals surface area contributed by atoms with Gasteiger partial charge in [-0.15, -0.1) is 0 Å². The quantitative estimate of drug-likeness (QED) is 0.813. The summed E-state index contributed by atoms with van der Waals surface area (Å²) in [6, 6.07) is 0. The van der Waals surface area contributed by atoms with E-state index in [4.69, 9.17) is 0 Å². The van der Waals surface area contributed by atoms with E-state index in [9.17, 15) is 5.11 Å². The predicted octanol–water partition coefficient (Wildman–Crippen LogP) is -0.0602. The summed E-state index contributed by atoms with van der Waals surface area (Å²) in [7, 11) is 0. The second-order valence-corrected chi connectivity index (χ2v) is 6.33. The summed E-state index contributed by atoms with van der Waals surface area (Å²) >= 11 is 0. The third-order valence-electron chi connectivity index (χ3n) is 4.46. The van der Waals surface area contributed by atoms with Crippen LogP contribution >= 0.6 is 0 Å². The van der Waals surface area contributed by atoms with E-state index < -0.39 is 5.60 Å². The average Bonchev–Trinajstić information content (AvgIpc) is 2.89. The first-order chi connectivity index (χ1) is 10.1. The van der Waals surface area contributed by atoms with E-state index in [1.807, 2.05) is 20.0 Å². The topological polar surface area (TPSA) is 64.5 Å². The van der Waals surface area contributed by atoms with Crippen molar-refractivity contribution in [1.82, 2.24) is 20.2 Å². The molecule has 0 aromatic carbocycles. The molecule has 0 saturated carbocycles. The predicted molar refractivity (Wildman–Crippen MR) is 82.6 cm³/mol. The van der Waals surface area contributed by atoms with Gasteiger partial charge in [0, 0.05) is 45.5 Å². The Morgan fingerprint density at radius 3 is 2.71 bits per heavy atom. The highest BCUT2D eigenvalue weighted by Crippen LogP contribution is 2.20. The second-order valence-electron chi connectivity index (χ2n) is 6.33. The first-order valence-corrected chi connectivity index (χ1v) is 7.76. The molecule has 3 rings (SSSR count). The molecule has 0 unspecified atom stereocenters. The molecule has 21 heavy (non-hydrogen) atoms. The number of anilines is 1. The molecule has 1 aromatic rings. The van der Waals surface area contributed by atoms with E-state index in [1.54, 1.807) is 0 Å². The summed E-state index contributed by atoms with van der Waals surface area (Å²) < 4.78 is 0. The molecule has 2 aliphatic rings. The molecule has 0 amide bonds. The molecule has 2 N–H and O–H groups in total. The number of nitrogens with zero attached hydrogens (tertiary/aromatic N) is 4. The fraction of sp³-hybridized carbons (Fsp3) is 0.733. The fourth-order valence-corrected chi connectivity index (χ4v) is 3.22. The van der Waals surface area contributed by atoms with Gasteiger partial charge in [0.15, 0.2) is 0 Å². The molecule has 6 heteroatoms. The van der Waals surface area contributed by atoms with Crippen molar-refractivity contribution in [2.24, 2.45) is 0 Å². The SMILES string of the molecule is Cc1cnc(C)c(N2CCN(C[C@@]3(O)CCNC3)CC2)n1. The standard InChI is InChI=1S/C15H25N5O/c1-12-9-17-13(2)14(18-12)20-7-5-19(6-8-20)11-15(21)3-4-16-10-15/h9,16,21H,3-8,10-11H2,1-2H3/t15-/m1/s1. The van der Waals surface area contributed by atoms with Gasteiger partial charge >= 0.3 is 0 Å². The number of aryl methyl sites for hydroxylation is 2. The van der Waals surface area contributed by atoms with Crippen LogP contribution in [0.15, 0.2) is 6.20 Å². The van der Waals surface area contributed by atoms with Crippen molar-refractivity contribution >= 4 is 5.82 Å². The molecule has 2 saturated heterocycles.